The Morgan fingerprint density at radius 3 is 2.81 bits per heavy atom. The van der Waals surface area contributed by atoms with Gasteiger partial charge in [0.15, 0.2) is 0 Å². The number of esters is 1. The van der Waals surface area contributed by atoms with Gasteiger partial charge in [-0.15, -0.1) is 0 Å². The molecule has 4 N–H and O–H groups in total. The van der Waals surface area contributed by atoms with Gasteiger partial charge in [0.2, 0.25) is 18.1 Å². The minimum absolute atomic E-state index is 0.0302. The van der Waals surface area contributed by atoms with Gasteiger partial charge in [-0.2, -0.15) is 0 Å². The minimum atomic E-state index is -1.26. The first-order chi connectivity index (χ1) is 15.2. The molecule has 2 aromatic rings. The van der Waals surface area contributed by atoms with Crippen molar-refractivity contribution in [1.29, 1.82) is 0 Å². The number of cyclic esters (lactones) is 1. The number of hydrogen-bond donors (Lipinski definition) is 3. The van der Waals surface area contributed by atoms with Crippen LogP contribution in [0.4, 0.5) is 4.39 Å². The number of aromatic nitrogens is 1. The van der Waals surface area contributed by atoms with Crippen LogP contribution in [0.5, 0.6) is 0 Å². The number of hydrogen-bond acceptors (Lipinski definition) is 5. The molecule has 0 radical (unpaired) electrons. The van der Waals surface area contributed by atoms with E-state index in [1.54, 1.807) is 19.2 Å². The number of H-pyrrole nitrogens is 1. The van der Waals surface area contributed by atoms with E-state index >= 15 is 0 Å². The van der Waals surface area contributed by atoms with Crippen molar-refractivity contribution in [2.24, 2.45) is 23.0 Å². The molecule has 9 heteroatoms. The van der Waals surface area contributed by atoms with E-state index in [1.165, 1.54) is 12.1 Å². The zero-order valence-corrected chi connectivity index (χ0v) is 18.6. The van der Waals surface area contributed by atoms with Gasteiger partial charge in [-0.3, -0.25) is 14.4 Å². The molecule has 0 saturated carbocycles. The zero-order chi connectivity index (χ0) is 23.5. The molecule has 1 aliphatic rings. The number of carbonyl (C=O) groups excluding carboxylic acids is 3. The summed E-state index contributed by atoms with van der Waals surface area (Å²) in [5.74, 6) is -2.76. The van der Waals surface area contributed by atoms with Crippen LogP contribution in [0.3, 0.4) is 0 Å². The Morgan fingerprint density at radius 1 is 1.41 bits per heavy atom. The maximum atomic E-state index is 13.5. The SMILES string of the molecule is CCOC1OC(=O)CC1C(CC(N)=O)(C(=O)NCCc1c[nH]c2cc(F)ccc12)C(C)C. The largest absolute Gasteiger partial charge is 0.435 e. The third kappa shape index (κ3) is 4.62. The topological polar surface area (TPSA) is 124 Å². The van der Waals surface area contributed by atoms with E-state index < -0.39 is 29.5 Å². The van der Waals surface area contributed by atoms with Crippen LogP contribution in [-0.4, -0.2) is 42.2 Å². The van der Waals surface area contributed by atoms with Crippen molar-refractivity contribution >= 4 is 28.7 Å². The second-order valence-electron chi connectivity index (χ2n) is 8.47. The highest BCUT2D eigenvalue weighted by molar-refractivity contribution is 5.90. The first-order valence-corrected chi connectivity index (χ1v) is 10.8. The Bertz CT molecular complexity index is 1000. The number of aromatic amines is 1. The summed E-state index contributed by atoms with van der Waals surface area (Å²) in [6, 6.07) is 4.50. The predicted molar refractivity (Wildman–Crippen MR) is 116 cm³/mol. The number of nitrogens with two attached hydrogens (primary N) is 1. The first kappa shape index (κ1) is 23.7. The van der Waals surface area contributed by atoms with Crippen molar-refractivity contribution in [3.8, 4) is 0 Å². The van der Waals surface area contributed by atoms with Gasteiger partial charge in [-0.05, 0) is 43.0 Å². The summed E-state index contributed by atoms with van der Waals surface area (Å²) >= 11 is 0. The molecular formula is C23H30FN3O5. The van der Waals surface area contributed by atoms with E-state index in [4.69, 9.17) is 15.2 Å². The average Bonchev–Trinajstić information content (AvgIpc) is 3.28. The van der Waals surface area contributed by atoms with Gasteiger partial charge in [-0.25, -0.2) is 4.39 Å². The second-order valence-corrected chi connectivity index (χ2v) is 8.47. The maximum absolute atomic E-state index is 13.5. The number of amides is 2. The molecular weight excluding hydrogens is 417 g/mol. The van der Waals surface area contributed by atoms with Gasteiger partial charge in [0.1, 0.15) is 5.82 Å². The van der Waals surface area contributed by atoms with Crippen LogP contribution in [0.15, 0.2) is 24.4 Å². The molecule has 1 aromatic carbocycles. The molecule has 0 bridgehead atoms. The molecule has 1 aromatic heterocycles. The highest BCUT2D eigenvalue weighted by atomic mass is 19.1. The minimum Gasteiger partial charge on any atom is -0.435 e. The number of halogens is 1. The molecule has 2 amide bonds. The Kier molecular flexibility index (Phi) is 7.18. The lowest BCUT2D eigenvalue weighted by Gasteiger charge is -2.41. The Balaban J connectivity index is 1.81. The monoisotopic (exact) mass is 447 g/mol. The molecule has 3 rings (SSSR count). The van der Waals surface area contributed by atoms with Crippen molar-refractivity contribution in [2.75, 3.05) is 13.2 Å². The van der Waals surface area contributed by atoms with Gasteiger partial charge in [0.05, 0.1) is 11.8 Å². The Hall–Kier alpha value is -2.94. The summed E-state index contributed by atoms with van der Waals surface area (Å²) < 4.78 is 24.3. The van der Waals surface area contributed by atoms with Crippen molar-refractivity contribution in [3.63, 3.8) is 0 Å². The maximum Gasteiger partial charge on any atom is 0.308 e. The van der Waals surface area contributed by atoms with Crippen LogP contribution in [0.1, 0.15) is 39.2 Å². The third-order valence-electron chi connectivity index (χ3n) is 6.28. The molecule has 3 atom stereocenters. The van der Waals surface area contributed by atoms with E-state index in [2.05, 4.69) is 10.3 Å². The second kappa shape index (κ2) is 9.68. The van der Waals surface area contributed by atoms with E-state index in [-0.39, 0.29) is 37.0 Å². The van der Waals surface area contributed by atoms with Crippen LogP contribution in [0.2, 0.25) is 0 Å². The molecule has 8 nitrogen and oxygen atoms in total. The highest BCUT2D eigenvalue weighted by Crippen LogP contribution is 2.47. The van der Waals surface area contributed by atoms with Crippen LogP contribution in [-0.2, 0) is 30.3 Å². The first-order valence-electron chi connectivity index (χ1n) is 10.8. The van der Waals surface area contributed by atoms with Gasteiger partial charge >= 0.3 is 5.97 Å². The Morgan fingerprint density at radius 2 is 2.16 bits per heavy atom. The smallest absolute Gasteiger partial charge is 0.308 e. The van der Waals surface area contributed by atoms with E-state index in [0.29, 0.717) is 18.5 Å². The van der Waals surface area contributed by atoms with E-state index in [0.717, 1.165) is 10.9 Å². The predicted octanol–water partition coefficient (Wildman–Crippen LogP) is 2.41. The van der Waals surface area contributed by atoms with Gasteiger partial charge < -0.3 is 25.5 Å². The van der Waals surface area contributed by atoms with Crippen molar-refractivity contribution in [3.05, 3.63) is 35.8 Å². The summed E-state index contributed by atoms with van der Waals surface area (Å²) in [4.78, 5) is 40.6. The van der Waals surface area contributed by atoms with Crippen LogP contribution in [0.25, 0.3) is 10.9 Å². The fourth-order valence-corrected chi connectivity index (χ4v) is 4.68. The lowest BCUT2D eigenvalue weighted by Crippen LogP contribution is -2.54. The number of primary amides is 1. The van der Waals surface area contributed by atoms with Crippen molar-refractivity contribution in [2.45, 2.75) is 46.3 Å². The average molecular weight is 448 g/mol. The van der Waals surface area contributed by atoms with Crippen LogP contribution < -0.4 is 11.1 Å². The summed E-state index contributed by atoms with van der Waals surface area (Å²) in [7, 11) is 0. The summed E-state index contributed by atoms with van der Waals surface area (Å²) in [5.41, 5.74) is 5.88. The van der Waals surface area contributed by atoms with Crippen LogP contribution in [0, 0.1) is 23.1 Å². The summed E-state index contributed by atoms with van der Waals surface area (Å²) in [6.45, 7) is 5.99. The van der Waals surface area contributed by atoms with Gasteiger partial charge in [0, 0.05) is 42.6 Å². The standard InChI is InChI=1S/C23H30FN3O5/c1-4-31-21-17(10-20(29)32-21)23(13(2)3,11-19(25)28)22(30)26-8-7-14-12-27-18-9-15(24)5-6-16(14)18/h5-6,9,12-13,17,21,27H,4,7-8,10-11H2,1-3H3,(H2,25,28)(H,26,30). The molecule has 174 valence electrons. The number of carbonyl (C=O) groups is 3. The molecule has 32 heavy (non-hydrogen) atoms. The lowest BCUT2D eigenvalue weighted by atomic mass is 9.63. The summed E-state index contributed by atoms with van der Waals surface area (Å²) in [6.07, 6.45) is 1.11. The number of benzene rings is 1. The molecule has 3 unspecified atom stereocenters. The van der Waals surface area contributed by atoms with E-state index in [1.807, 2.05) is 13.8 Å². The lowest BCUT2D eigenvalue weighted by molar-refractivity contribution is -0.180. The van der Waals surface area contributed by atoms with Gasteiger partial charge in [0.25, 0.3) is 0 Å². The summed E-state index contributed by atoms with van der Waals surface area (Å²) in [5, 5.41) is 3.80. The fraction of sp³-hybridized carbons (Fsp3) is 0.522. The number of rotatable bonds is 10. The van der Waals surface area contributed by atoms with Gasteiger partial charge in [-0.1, -0.05) is 13.8 Å². The quantitative estimate of drug-likeness (QED) is 0.483. The van der Waals surface area contributed by atoms with Crippen molar-refractivity contribution < 1.29 is 28.2 Å². The highest BCUT2D eigenvalue weighted by Gasteiger charge is 2.56. The van der Waals surface area contributed by atoms with Crippen molar-refractivity contribution in [1.82, 2.24) is 10.3 Å². The molecule has 1 aliphatic heterocycles. The normalized spacial score (nSPS) is 20.3. The van der Waals surface area contributed by atoms with Crippen LogP contribution >= 0.6 is 0 Å². The molecule has 1 fully saturated rings. The molecule has 0 aliphatic carbocycles. The third-order valence-corrected chi connectivity index (χ3v) is 6.28. The van der Waals surface area contributed by atoms with E-state index in [9.17, 15) is 18.8 Å². The molecule has 1 saturated heterocycles. The fourth-order valence-electron chi connectivity index (χ4n) is 4.68. The number of fused-ring (bicyclic) bond motifs is 1. The molecule has 2 heterocycles. The zero-order valence-electron chi connectivity index (χ0n) is 18.6. The number of nitrogens with one attached hydrogen (secondary N) is 2. The Labute approximate surface area is 186 Å². The number of ether oxygens (including phenoxy) is 2. The molecule has 0 spiro atoms.